The highest BCUT2D eigenvalue weighted by Crippen LogP contribution is 2.55. The summed E-state index contributed by atoms with van der Waals surface area (Å²) in [4.78, 5) is 2.55. The van der Waals surface area contributed by atoms with Crippen LogP contribution in [0.4, 0.5) is 4.39 Å². The Kier molecular flexibility index (Phi) is 2.14. The van der Waals surface area contributed by atoms with Crippen LogP contribution < -0.4 is 0 Å². The van der Waals surface area contributed by atoms with Gasteiger partial charge in [-0.05, 0) is 38.6 Å². The summed E-state index contributed by atoms with van der Waals surface area (Å²) in [6, 6.07) is 0.272. The molecule has 3 aliphatic rings. The lowest BCUT2D eigenvalue weighted by atomic mass is 9.78. The van der Waals surface area contributed by atoms with E-state index < -0.39 is 5.67 Å². The molecule has 3 unspecified atom stereocenters. The summed E-state index contributed by atoms with van der Waals surface area (Å²) in [5, 5.41) is 0. The zero-order chi connectivity index (χ0) is 10.5. The molecule has 0 N–H and O–H groups in total. The van der Waals surface area contributed by atoms with Gasteiger partial charge in [0.25, 0.3) is 0 Å². The first-order valence-electron chi connectivity index (χ1n) is 6.66. The first kappa shape index (κ1) is 10.1. The molecule has 0 aromatic carbocycles. The molecule has 1 nitrogen and oxygen atoms in total. The molecule has 0 aromatic heterocycles. The quantitative estimate of drug-likeness (QED) is 0.643. The molecule has 0 spiro atoms. The minimum Gasteiger partial charge on any atom is -0.291 e. The van der Waals surface area contributed by atoms with Crippen LogP contribution in [0.5, 0.6) is 0 Å². The van der Waals surface area contributed by atoms with Crippen LogP contribution in [-0.2, 0) is 0 Å². The van der Waals surface area contributed by atoms with Gasteiger partial charge in [-0.15, -0.1) is 0 Å². The Bertz CT molecular complexity index is 267. The second-order valence-electron chi connectivity index (χ2n) is 5.85. The number of nitrogens with zero attached hydrogens (tertiary/aromatic N) is 1. The highest BCUT2D eigenvalue weighted by molar-refractivity contribution is 5.15. The van der Waals surface area contributed by atoms with Crippen LogP contribution in [0.3, 0.4) is 0 Å². The predicted molar refractivity (Wildman–Crippen MR) is 59.7 cm³/mol. The maximum atomic E-state index is 14.9. The Morgan fingerprint density at radius 3 is 2.93 bits per heavy atom. The molecule has 2 aliphatic heterocycles. The van der Waals surface area contributed by atoms with Gasteiger partial charge in [0.2, 0.25) is 0 Å². The molecule has 86 valence electrons. The largest absolute Gasteiger partial charge is 0.291 e. The number of fused-ring (bicyclic) bond motifs is 3. The Hall–Kier alpha value is -0.110. The van der Waals surface area contributed by atoms with Gasteiger partial charge in [-0.3, -0.25) is 4.90 Å². The van der Waals surface area contributed by atoms with E-state index in [2.05, 4.69) is 11.8 Å². The van der Waals surface area contributed by atoms with Crippen LogP contribution in [0, 0.1) is 0 Å². The van der Waals surface area contributed by atoms with Gasteiger partial charge in [-0.2, -0.15) is 0 Å². The molecule has 0 amide bonds. The summed E-state index contributed by atoms with van der Waals surface area (Å²) in [6.07, 6.45) is 8.81. The van der Waals surface area contributed by atoms with Crippen molar-refractivity contribution in [3.63, 3.8) is 0 Å². The third-order valence-electron chi connectivity index (χ3n) is 5.22. The number of rotatable bonds is 1. The van der Waals surface area contributed by atoms with Crippen LogP contribution in [0.25, 0.3) is 0 Å². The third kappa shape index (κ3) is 1.23. The van der Waals surface area contributed by atoms with Gasteiger partial charge in [-0.25, -0.2) is 4.39 Å². The van der Waals surface area contributed by atoms with E-state index in [1.54, 1.807) is 0 Å². The van der Waals surface area contributed by atoms with Gasteiger partial charge in [0, 0.05) is 18.0 Å². The van der Waals surface area contributed by atoms with Crippen molar-refractivity contribution in [3.05, 3.63) is 0 Å². The molecule has 15 heavy (non-hydrogen) atoms. The molecule has 3 rings (SSSR count). The lowest BCUT2D eigenvalue weighted by Crippen LogP contribution is -2.46. The molecular weight excluding hydrogens is 189 g/mol. The first-order chi connectivity index (χ1) is 7.20. The summed E-state index contributed by atoms with van der Waals surface area (Å²) < 4.78 is 14.9. The molecule has 2 heteroatoms. The van der Waals surface area contributed by atoms with E-state index in [0.29, 0.717) is 0 Å². The minimum atomic E-state index is -0.825. The summed E-state index contributed by atoms with van der Waals surface area (Å²) >= 11 is 0. The Morgan fingerprint density at radius 2 is 2.13 bits per heavy atom. The Morgan fingerprint density at radius 1 is 1.27 bits per heavy atom. The van der Waals surface area contributed by atoms with Crippen LogP contribution in [0.2, 0.25) is 0 Å². The lowest BCUT2D eigenvalue weighted by Gasteiger charge is -2.36. The van der Waals surface area contributed by atoms with Crippen LogP contribution in [0.1, 0.15) is 58.3 Å². The second-order valence-corrected chi connectivity index (χ2v) is 5.85. The highest BCUT2D eigenvalue weighted by Gasteiger charge is 2.61. The van der Waals surface area contributed by atoms with Crippen molar-refractivity contribution in [3.8, 4) is 0 Å². The average molecular weight is 211 g/mol. The Labute approximate surface area is 92.0 Å². The maximum absolute atomic E-state index is 14.9. The third-order valence-corrected chi connectivity index (χ3v) is 5.22. The van der Waals surface area contributed by atoms with E-state index in [4.69, 9.17) is 0 Å². The summed E-state index contributed by atoms with van der Waals surface area (Å²) in [5.41, 5.74) is -0.571. The van der Waals surface area contributed by atoms with Crippen molar-refractivity contribution in [1.29, 1.82) is 0 Å². The number of halogens is 1. The zero-order valence-corrected chi connectivity index (χ0v) is 9.77. The first-order valence-corrected chi connectivity index (χ1v) is 6.66. The topological polar surface area (TPSA) is 3.24 Å². The lowest BCUT2D eigenvalue weighted by molar-refractivity contribution is 0.0524. The van der Waals surface area contributed by atoms with Gasteiger partial charge >= 0.3 is 0 Å². The highest BCUT2D eigenvalue weighted by atomic mass is 19.1. The molecule has 1 aliphatic carbocycles. The van der Waals surface area contributed by atoms with Crippen molar-refractivity contribution < 1.29 is 4.39 Å². The van der Waals surface area contributed by atoms with Crippen LogP contribution >= 0.6 is 0 Å². The Balaban J connectivity index is 1.93. The summed E-state index contributed by atoms with van der Waals surface area (Å²) in [6.45, 7) is 3.41. The molecule has 3 fully saturated rings. The smallest absolute Gasteiger partial charge is 0.128 e. The minimum absolute atomic E-state index is 0.254. The van der Waals surface area contributed by atoms with E-state index in [0.717, 1.165) is 38.6 Å². The maximum Gasteiger partial charge on any atom is 0.128 e. The van der Waals surface area contributed by atoms with Gasteiger partial charge in [0.05, 0.1) is 0 Å². The molecule has 2 saturated heterocycles. The van der Waals surface area contributed by atoms with Gasteiger partial charge in [0.1, 0.15) is 5.67 Å². The molecule has 0 bridgehead atoms. The molecule has 2 heterocycles. The fourth-order valence-corrected chi connectivity index (χ4v) is 4.51. The van der Waals surface area contributed by atoms with E-state index >= 15 is 0 Å². The average Bonchev–Trinajstić information content (AvgIpc) is 2.71. The molecule has 0 aromatic rings. The van der Waals surface area contributed by atoms with Gasteiger partial charge in [-0.1, -0.05) is 19.8 Å². The van der Waals surface area contributed by atoms with Gasteiger partial charge < -0.3 is 0 Å². The van der Waals surface area contributed by atoms with Crippen molar-refractivity contribution >= 4 is 0 Å². The van der Waals surface area contributed by atoms with Crippen molar-refractivity contribution in [2.75, 3.05) is 6.54 Å². The van der Waals surface area contributed by atoms with Crippen molar-refractivity contribution in [1.82, 2.24) is 4.90 Å². The van der Waals surface area contributed by atoms with Crippen LogP contribution in [-0.4, -0.2) is 28.7 Å². The fraction of sp³-hybridized carbons (Fsp3) is 1.00. The monoisotopic (exact) mass is 211 g/mol. The standard InChI is InChI=1S/C13H22FN/c1-2-12-7-5-9-15(12)11-6-3-4-8-13(11,14)10-12/h11H,2-10H2,1H3. The van der Waals surface area contributed by atoms with Gasteiger partial charge in [0.15, 0.2) is 0 Å². The van der Waals surface area contributed by atoms with E-state index in [1.165, 1.54) is 19.3 Å². The fourth-order valence-electron chi connectivity index (χ4n) is 4.51. The number of hydrogen-bond donors (Lipinski definition) is 0. The summed E-state index contributed by atoms with van der Waals surface area (Å²) in [5.74, 6) is 0. The van der Waals surface area contributed by atoms with E-state index in [1.807, 2.05) is 0 Å². The normalized spacial score (nSPS) is 50.4. The predicted octanol–water partition coefficient (Wildman–Crippen LogP) is 3.29. The van der Waals surface area contributed by atoms with E-state index in [9.17, 15) is 4.39 Å². The molecule has 0 radical (unpaired) electrons. The van der Waals surface area contributed by atoms with Crippen molar-refractivity contribution in [2.45, 2.75) is 75.5 Å². The molecule has 1 saturated carbocycles. The number of hydrogen-bond acceptors (Lipinski definition) is 1. The zero-order valence-electron chi connectivity index (χ0n) is 9.77. The number of alkyl halides is 1. The van der Waals surface area contributed by atoms with E-state index in [-0.39, 0.29) is 11.6 Å². The van der Waals surface area contributed by atoms with Crippen molar-refractivity contribution in [2.24, 2.45) is 0 Å². The molecular formula is C13H22FN. The summed E-state index contributed by atoms with van der Waals surface area (Å²) in [7, 11) is 0. The molecule has 3 atom stereocenters. The SMILES string of the molecule is CCC12CCCN1C1CCCCC1(F)C2. The second kappa shape index (κ2) is 3.19. The van der Waals surface area contributed by atoms with Crippen LogP contribution in [0.15, 0.2) is 0 Å².